The second kappa shape index (κ2) is 9.66. The van der Waals surface area contributed by atoms with Crippen LogP contribution in [0.15, 0.2) is 41.3 Å². The molecule has 152 valence electrons. The number of halogens is 1. The number of anilines is 2. The molecule has 3 N–H and O–H groups in total. The van der Waals surface area contributed by atoms with Crippen molar-refractivity contribution in [1.29, 1.82) is 0 Å². The van der Waals surface area contributed by atoms with E-state index in [0.29, 0.717) is 30.2 Å². The summed E-state index contributed by atoms with van der Waals surface area (Å²) in [6.07, 6.45) is 1.62. The van der Waals surface area contributed by atoms with E-state index in [9.17, 15) is 13.2 Å². The first-order valence-corrected chi connectivity index (χ1v) is 10.6. The summed E-state index contributed by atoms with van der Waals surface area (Å²) in [5, 5.41) is 0. The first-order valence-electron chi connectivity index (χ1n) is 8.56. The van der Waals surface area contributed by atoms with Crippen LogP contribution in [0, 0.1) is 0 Å². The van der Waals surface area contributed by atoms with Crippen molar-refractivity contribution in [2.75, 3.05) is 30.6 Å². The van der Waals surface area contributed by atoms with E-state index >= 15 is 0 Å². The van der Waals surface area contributed by atoms with E-state index in [1.54, 1.807) is 0 Å². The summed E-state index contributed by atoms with van der Waals surface area (Å²) in [5.41, 5.74) is 6.47. The maximum Gasteiger partial charge on any atom is 0.262 e. The van der Waals surface area contributed by atoms with Gasteiger partial charge in [0.15, 0.2) is 5.78 Å². The number of methoxy groups -OCH3 is 2. The predicted octanol–water partition coefficient (Wildman–Crippen LogP) is 3.68. The van der Waals surface area contributed by atoms with Gasteiger partial charge in [0.1, 0.15) is 11.5 Å². The quantitative estimate of drug-likeness (QED) is 0.259. The van der Waals surface area contributed by atoms with Crippen LogP contribution in [-0.2, 0) is 10.0 Å². The molecule has 2 aromatic rings. The number of ether oxygens (including phenoxy) is 2. The molecule has 0 fully saturated rings. The number of Topliss-reactive ketones (excluding diaryl/α,β-unsaturated/α-hetero) is 1. The lowest BCUT2D eigenvalue weighted by molar-refractivity contribution is 0.0977. The van der Waals surface area contributed by atoms with Gasteiger partial charge >= 0.3 is 0 Å². The Labute approximate surface area is 169 Å². The zero-order chi connectivity index (χ0) is 20.7. The van der Waals surface area contributed by atoms with E-state index in [2.05, 4.69) is 4.72 Å². The summed E-state index contributed by atoms with van der Waals surface area (Å²) in [7, 11) is -1.07. The standard InChI is InChI=1S/C19H23ClN2O5S/c1-26-18-12-19(27-2)16(11-15(18)17(23)5-3-4-10-20)22-28(24,25)14-8-6-13(21)7-9-14/h6-9,11-12,22H,3-5,10,21H2,1-2H3. The molecule has 2 rings (SSSR count). The molecule has 0 aromatic heterocycles. The van der Waals surface area contributed by atoms with Crippen LogP contribution in [-0.4, -0.2) is 34.3 Å². The highest BCUT2D eigenvalue weighted by Crippen LogP contribution is 2.35. The molecule has 9 heteroatoms. The van der Waals surface area contributed by atoms with Gasteiger partial charge in [0, 0.05) is 24.1 Å². The first-order chi connectivity index (χ1) is 13.3. The smallest absolute Gasteiger partial charge is 0.262 e. The fourth-order valence-corrected chi connectivity index (χ4v) is 3.81. The number of carbonyl (C=O) groups excluding carboxylic acids is 1. The Hall–Kier alpha value is -2.45. The summed E-state index contributed by atoms with van der Waals surface area (Å²) >= 11 is 5.66. The molecule has 0 aliphatic carbocycles. The second-order valence-corrected chi connectivity index (χ2v) is 8.06. The van der Waals surface area contributed by atoms with Gasteiger partial charge in [-0.3, -0.25) is 9.52 Å². The van der Waals surface area contributed by atoms with Gasteiger partial charge in [-0.2, -0.15) is 0 Å². The Morgan fingerprint density at radius 2 is 1.71 bits per heavy atom. The minimum atomic E-state index is -3.90. The van der Waals surface area contributed by atoms with Crippen molar-refractivity contribution in [3.8, 4) is 11.5 Å². The van der Waals surface area contributed by atoms with E-state index in [0.717, 1.165) is 0 Å². The van der Waals surface area contributed by atoms with Crippen LogP contribution >= 0.6 is 11.6 Å². The van der Waals surface area contributed by atoms with Crippen molar-refractivity contribution in [3.05, 3.63) is 42.0 Å². The highest BCUT2D eigenvalue weighted by Gasteiger charge is 2.21. The third-order valence-electron chi connectivity index (χ3n) is 4.04. The predicted molar refractivity (Wildman–Crippen MR) is 110 cm³/mol. The van der Waals surface area contributed by atoms with Crippen LogP contribution in [0.2, 0.25) is 0 Å². The molecule has 28 heavy (non-hydrogen) atoms. The molecule has 0 heterocycles. The molecule has 0 atom stereocenters. The van der Waals surface area contributed by atoms with Crippen molar-refractivity contribution in [2.24, 2.45) is 0 Å². The second-order valence-electron chi connectivity index (χ2n) is 6.00. The van der Waals surface area contributed by atoms with Crippen molar-refractivity contribution < 1.29 is 22.7 Å². The van der Waals surface area contributed by atoms with Crippen molar-refractivity contribution in [3.63, 3.8) is 0 Å². The van der Waals surface area contributed by atoms with E-state index in [-0.39, 0.29) is 34.1 Å². The SMILES string of the molecule is COc1cc(OC)c(C(=O)CCCCCl)cc1NS(=O)(=O)c1ccc(N)cc1. The average Bonchev–Trinajstić information content (AvgIpc) is 2.67. The molecule has 0 unspecified atom stereocenters. The highest BCUT2D eigenvalue weighted by atomic mass is 35.5. The number of unbranched alkanes of at least 4 members (excludes halogenated alkanes) is 1. The van der Waals surface area contributed by atoms with Crippen molar-refractivity contribution in [2.45, 2.75) is 24.2 Å². The van der Waals surface area contributed by atoms with E-state index < -0.39 is 10.0 Å². The van der Waals surface area contributed by atoms with Gasteiger partial charge in [0.25, 0.3) is 10.0 Å². The third kappa shape index (κ3) is 5.30. The normalized spacial score (nSPS) is 11.1. The number of alkyl halides is 1. The summed E-state index contributed by atoms with van der Waals surface area (Å²) in [6, 6.07) is 8.68. The molecule has 0 aliphatic heterocycles. The largest absolute Gasteiger partial charge is 0.496 e. The summed E-state index contributed by atoms with van der Waals surface area (Å²) in [5.74, 6) is 0.841. The van der Waals surface area contributed by atoms with Gasteiger partial charge in [0.2, 0.25) is 0 Å². The van der Waals surface area contributed by atoms with Gasteiger partial charge in [-0.1, -0.05) is 0 Å². The van der Waals surface area contributed by atoms with E-state index in [4.69, 9.17) is 26.8 Å². The number of hydrogen-bond acceptors (Lipinski definition) is 6. The molecule has 0 aliphatic rings. The number of hydrogen-bond donors (Lipinski definition) is 2. The fraction of sp³-hybridized carbons (Fsp3) is 0.316. The van der Waals surface area contributed by atoms with Gasteiger partial charge in [-0.15, -0.1) is 11.6 Å². The number of nitrogens with two attached hydrogens (primary N) is 1. The molecule has 0 radical (unpaired) electrons. The summed E-state index contributed by atoms with van der Waals surface area (Å²) < 4.78 is 38.4. The number of benzene rings is 2. The van der Waals surface area contributed by atoms with Gasteiger partial charge < -0.3 is 15.2 Å². The molecular formula is C19H23ClN2O5S. The van der Waals surface area contributed by atoms with Crippen LogP contribution in [0.25, 0.3) is 0 Å². The Bertz CT molecular complexity index is 930. The molecule has 7 nitrogen and oxygen atoms in total. The Morgan fingerprint density at radius 3 is 2.29 bits per heavy atom. The Morgan fingerprint density at radius 1 is 1.07 bits per heavy atom. The lowest BCUT2D eigenvalue weighted by Crippen LogP contribution is -2.15. The molecule has 0 spiro atoms. The maximum absolute atomic E-state index is 12.7. The molecule has 0 amide bonds. The molecule has 0 bridgehead atoms. The van der Waals surface area contributed by atoms with Crippen LogP contribution in [0.3, 0.4) is 0 Å². The number of nitrogens with one attached hydrogen (secondary N) is 1. The topological polar surface area (TPSA) is 108 Å². The maximum atomic E-state index is 12.7. The van der Waals surface area contributed by atoms with Crippen LogP contribution in [0.4, 0.5) is 11.4 Å². The number of rotatable bonds is 10. The Kier molecular flexibility index (Phi) is 7.53. The summed E-state index contributed by atoms with van der Waals surface area (Å²) in [6.45, 7) is 0. The van der Waals surface area contributed by atoms with E-state index in [1.165, 1.54) is 50.6 Å². The zero-order valence-electron chi connectivity index (χ0n) is 15.7. The van der Waals surface area contributed by atoms with Crippen LogP contribution < -0.4 is 19.9 Å². The molecule has 2 aromatic carbocycles. The van der Waals surface area contributed by atoms with Crippen molar-refractivity contribution in [1.82, 2.24) is 0 Å². The van der Waals surface area contributed by atoms with Gasteiger partial charge in [0.05, 0.1) is 30.4 Å². The number of ketones is 1. The zero-order valence-corrected chi connectivity index (χ0v) is 17.3. The fourth-order valence-electron chi connectivity index (χ4n) is 2.56. The van der Waals surface area contributed by atoms with E-state index in [1.807, 2.05) is 0 Å². The number of sulfonamides is 1. The lowest BCUT2D eigenvalue weighted by Gasteiger charge is -2.16. The van der Waals surface area contributed by atoms with Gasteiger partial charge in [-0.05, 0) is 43.2 Å². The number of nitrogen functional groups attached to an aromatic ring is 1. The third-order valence-corrected chi connectivity index (χ3v) is 5.69. The van der Waals surface area contributed by atoms with Gasteiger partial charge in [-0.25, -0.2) is 8.42 Å². The molecule has 0 saturated heterocycles. The van der Waals surface area contributed by atoms with Crippen molar-refractivity contribution >= 4 is 38.8 Å². The van der Waals surface area contributed by atoms with Crippen LogP contribution in [0.5, 0.6) is 11.5 Å². The monoisotopic (exact) mass is 426 g/mol. The highest BCUT2D eigenvalue weighted by molar-refractivity contribution is 7.92. The molecule has 0 saturated carbocycles. The minimum absolute atomic E-state index is 0.0366. The number of carbonyl (C=O) groups is 1. The molecular weight excluding hydrogens is 404 g/mol. The minimum Gasteiger partial charge on any atom is -0.496 e. The summed E-state index contributed by atoms with van der Waals surface area (Å²) in [4.78, 5) is 12.6. The lowest BCUT2D eigenvalue weighted by atomic mass is 10.0. The Balaban J connectivity index is 2.40. The van der Waals surface area contributed by atoms with Crippen LogP contribution in [0.1, 0.15) is 29.6 Å². The average molecular weight is 427 g/mol. The first kappa shape index (κ1) is 21.8.